The fraction of sp³-hybridized carbons (Fsp3) is 0.875. The van der Waals surface area contributed by atoms with E-state index in [1.807, 2.05) is 0 Å². The molecule has 1 aliphatic carbocycles. The molecule has 1 fully saturated rings. The molecule has 0 radical (unpaired) electrons. The predicted molar refractivity (Wildman–Crippen MR) is 74.1 cm³/mol. The van der Waals surface area contributed by atoms with Crippen molar-refractivity contribution in [3.63, 3.8) is 0 Å². The van der Waals surface area contributed by atoms with Crippen LogP contribution < -0.4 is 0 Å². The van der Waals surface area contributed by atoms with Gasteiger partial charge in [0.2, 0.25) is 0 Å². The molecule has 1 aliphatic rings. The molecule has 0 heterocycles. The van der Waals surface area contributed by atoms with E-state index in [0.717, 1.165) is 12.8 Å². The van der Waals surface area contributed by atoms with Gasteiger partial charge in [-0.2, -0.15) is 5.26 Å². The number of hydrogen-bond acceptors (Lipinski definition) is 2. The lowest BCUT2D eigenvalue weighted by Gasteiger charge is -2.17. The van der Waals surface area contributed by atoms with Gasteiger partial charge in [-0.25, -0.2) is 0 Å². The molecular weight excluding hydrogens is 222 g/mol. The molecule has 1 atom stereocenters. The fourth-order valence-electron chi connectivity index (χ4n) is 3.09. The molecule has 102 valence electrons. The molecule has 1 saturated carbocycles. The van der Waals surface area contributed by atoms with E-state index in [-0.39, 0.29) is 0 Å². The summed E-state index contributed by atoms with van der Waals surface area (Å²) in [4.78, 5) is 11.1. The summed E-state index contributed by atoms with van der Waals surface area (Å²) >= 11 is 0. The van der Waals surface area contributed by atoms with E-state index >= 15 is 0 Å². The van der Waals surface area contributed by atoms with Gasteiger partial charge in [-0.05, 0) is 31.6 Å². The van der Waals surface area contributed by atoms with Crippen molar-refractivity contribution in [1.82, 2.24) is 0 Å². The van der Waals surface area contributed by atoms with Gasteiger partial charge in [0.1, 0.15) is 6.29 Å². The van der Waals surface area contributed by atoms with Gasteiger partial charge in [0.05, 0.1) is 6.07 Å². The monoisotopic (exact) mass is 249 g/mol. The van der Waals surface area contributed by atoms with Gasteiger partial charge in [0.15, 0.2) is 0 Å². The van der Waals surface area contributed by atoms with Gasteiger partial charge >= 0.3 is 0 Å². The smallest absolute Gasteiger partial charge is 0.123 e. The van der Waals surface area contributed by atoms with Crippen LogP contribution in [0.1, 0.15) is 77.0 Å². The Morgan fingerprint density at radius 1 is 1.06 bits per heavy atom. The predicted octanol–water partition coefficient (Wildman–Crippen LogP) is 4.64. The third kappa shape index (κ3) is 6.19. The summed E-state index contributed by atoms with van der Waals surface area (Å²) in [5.41, 5.74) is 0. The summed E-state index contributed by atoms with van der Waals surface area (Å²) < 4.78 is 0. The first-order valence-corrected chi connectivity index (χ1v) is 7.70. The average molecular weight is 249 g/mol. The lowest BCUT2D eigenvalue weighted by Crippen LogP contribution is -2.13. The minimum Gasteiger partial charge on any atom is -0.303 e. The van der Waals surface area contributed by atoms with Gasteiger partial charge in [-0.1, -0.05) is 44.9 Å². The van der Waals surface area contributed by atoms with Crippen LogP contribution in [0.4, 0.5) is 0 Å². The maximum atomic E-state index is 11.1. The van der Waals surface area contributed by atoms with Gasteiger partial charge in [-0.15, -0.1) is 0 Å². The first-order valence-electron chi connectivity index (χ1n) is 7.70. The molecule has 1 unspecified atom stereocenters. The zero-order valence-corrected chi connectivity index (χ0v) is 11.6. The van der Waals surface area contributed by atoms with Gasteiger partial charge in [0.25, 0.3) is 0 Å². The quantitative estimate of drug-likeness (QED) is 0.418. The maximum absolute atomic E-state index is 11.1. The maximum Gasteiger partial charge on any atom is 0.123 e. The molecule has 0 bridgehead atoms. The average Bonchev–Trinajstić information content (AvgIpc) is 2.91. The Labute approximate surface area is 112 Å². The van der Waals surface area contributed by atoms with Crippen molar-refractivity contribution in [3.05, 3.63) is 0 Å². The number of hydrogen-bond donors (Lipinski definition) is 0. The molecule has 0 amide bonds. The highest BCUT2D eigenvalue weighted by Gasteiger charge is 2.23. The van der Waals surface area contributed by atoms with Crippen LogP contribution in [0.25, 0.3) is 0 Å². The summed E-state index contributed by atoms with van der Waals surface area (Å²) in [7, 11) is 0. The molecule has 0 aromatic carbocycles. The largest absolute Gasteiger partial charge is 0.303 e. The standard InChI is InChI=1S/C16H27NO/c17-13-9-5-3-1-2-4-6-12-16(14-18)15-10-7-8-11-15/h14-16H,1-12H2. The minimum atomic E-state index is 0.339. The third-order valence-electron chi connectivity index (χ3n) is 4.26. The third-order valence-corrected chi connectivity index (χ3v) is 4.26. The number of carbonyl (C=O) groups is 1. The van der Waals surface area contributed by atoms with E-state index in [4.69, 9.17) is 5.26 Å². The normalized spacial score (nSPS) is 17.5. The van der Waals surface area contributed by atoms with Crippen molar-refractivity contribution in [2.75, 3.05) is 0 Å². The SMILES string of the molecule is N#CCCCCCCCCC(C=O)C1CCCC1. The second-order valence-corrected chi connectivity index (χ2v) is 5.66. The second-order valence-electron chi connectivity index (χ2n) is 5.66. The minimum absolute atomic E-state index is 0.339. The zero-order chi connectivity index (χ0) is 13.1. The number of rotatable bonds is 10. The summed E-state index contributed by atoms with van der Waals surface area (Å²) in [5, 5.41) is 8.42. The molecule has 2 heteroatoms. The van der Waals surface area contributed by atoms with Crippen LogP contribution in [-0.4, -0.2) is 6.29 Å². The molecule has 0 spiro atoms. The first kappa shape index (κ1) is 15.2. The highest BCUT2D eigenvalue weighted by Crippen LogP contribution is 2.33. The van der Waals surface area contributed by atoms with Crippen molar-refractivity contribution in [2.45, 2.75) is 77.0 Å². The van der Waals surface area contributed by atoms with Crippen molar-refractivity contribution in [2.24, 2.45) is 11.8 Å². The first-order chi connectivity index (χ1) is 8.88. The second kappa shape index (κ2) is 10.1. The number of nitrogens with zero attached hydrogens (tertiary/aromatic N) is 1. The fourth-order valence-corrected chi connectivity index (χ4v) is 3.09. The lowest BCUT2D eigenvalue weighted by atomic mass is 9.87. The Hall–Kier alpha value is -0.840. The Bertz CT molecular complexity index is 250. The zero-order valence-electron chi connectivity index (χ0n) is 11.6. The van der Waals surface area contributed by atoms with E-state index in [9.17, 15) is 4.79 Å². The molecule has 0 saturated heterocycles. The van der Waals surface area contributed by atoms with Crippen LogP contribution in [0.5, 0.6) is 0 Å². The number of carbonyl (C=O) groups excluding carboxylic acids is 1. The van der Waals surface area contributed by atoms with Gasteiger partial charge in [0, 0.05) is 12.3 Å². The van der Waals surface area contributed by atoms with Crippen LogP contribution in [0.2, 0.25) is 0 Å². The molecule has 0 aliphatic heterocycles. The number of nitriles is 1. The molecule has 1 rings (SSSR count). The Kier molecular flexibility index (Phi) is 8.55. The van der Waals surface area contributed by atoms with Crippen molar-refractivity contribution in [1.29, 1.82) is 5.26 Å². The van der Waals surface area contributed by atoms with E-state index in [2.05, 4.69) is 6.07 Å². The summed E-state index contributed by atoms with van der Waals surface area (Å²) in [6.45, 7) is 0. The molecule has 0 N–H and O–H groups in total. The van der Waals surface area contributed by atoms with Crippen LogP contribution in [0.15, 0.2) is 0 Å². The van der Waals surface area contributed by atoms with Gasteiger partial charge < -0.3 is 4.79 Å². The highest BCUT2D eigenvalue weighted by atomic mass is 16.1. The van der Waals surface area contributed by atoms with E-state index in [1.165, 1.54) is 64.1 Å². The highest BCUT2D eigenvalue weighted by molar-refractivity contribution is 5.54. The van der Waals surface area contributed by atoms with Gasteiger partial charge in [-0.3, -0.25) is 0 Å². The number of aldehydes is 1. The summed E-state index contributed by atoms with van der Waals surface area (Å²) in [6.07, 6.45) is 15.4. The van der Waals surface area contributed by atoms with Crippen LogP contribution >= 0.6 is 0 Å². The van der Waals surface area contributed by atoms with E-state index in [0.29, 0.717) is 18.3 Å². The molecular formula is C16H27NO. The molecule has 0 aromatic heterocycles. The molecule has 0 aromatic rings. The van der Waals surface area contributed by atoms with Crippen LogP contribution in [0, 0.1) is 23.2 Å². The lowest BCUT2D eigenvalue weighted by molar-refractivity contribution is -0.112. The molecule has 18 heavy (non-hydrogen) atoms. The topological polar surface area (TPSA) is 40.9 Å². The summed E-state index contributed by atoms with van der Waals surface area (Å²) in [6, 6.07) is 2.18. The van der Waals surface area contributed by atoms with Crippen molar-refractivity contribution < 1.29 is 4.79 Å². The Morgan fingerprint density at radius 2 is 1.67 bits per heavy atom. The summed E-state index contributed by atoms with van der Waals surface area (Å²) in [5.74, 6) is 1.03. The van der Waals surface area contributed by atoms with Crippen molar-refractivity contribution in [3.8, 4) is 6.07 Å². The van der Waals surface area contributed by atoms with Crippen LogP contribution in [-0.2, 0) is 4.79 Å². The van der Waals surface area contributed by atoms with Crippen LogP contribution in [0.3, 0.4) is 0 Å². The van der Waals surface area contributed by atoms with E-state index < -0.39 is 0 Å². The molecule has 2 nitrogen and oxygen atoms in total. The number of unbranched alkanes of at least 4 members (excludes halogenated alkanes) is 6. The van der Waals surface area contributed by atoms with E-state index in [1.54, 1.807) is 0 Å². The Morgan fingerprint density at radius 3 is 2.28 bits per heavy atom. The van der Waals surface area contributed by atoms with Crippen molar-refractivity contribution >= 4 is 6.29 Å². The Balaban J connectivity index is 1.95.